The van der Waals surface area contributed by atoms with E-state index in [0.717, 1.165) is 25.7 Å². The minimum atomic E-state index is 0.0579. The molecular weight excluding hydrogens is 248 g/mol. The number of hydrogen-bond donors (Lipinski definition) is 1. The Morgan fingerprint density at radius 3 is 2.65 bits per heavy atom. The van der Waals surface area contributed by atoms with E-state index in [1.54, 1.807) is 0 Å². The van der Waals surface area contributed by atoms with E-state index in [1.165, 1.54) is 16.7 Å². The van der Waals surface area contributed by atoms with Gasteiger partial charge in [-0.2, -0.15) is 0 Å². The fourth-order valence-corrected chi connectivity index (χ4v) is 3.38. The summed E-state index contributed by atoms with van der Waals surface area (Å²) in [7, 11) is 0. The number of hydrogen-bond acceptors (Lipinski definition) is 2. The summed E-state index contributed by atoms with van der Waals surface area (Å²) in [6.07, 6.45) is 4.79. The summed E-state index contributed by atoms with van der Waals surface area (Å²) in [6, 6.07) is 7.05. The summed E-state index contributed by atoms with van der Waals surface area (Å²) in [5, 5.41) is 0. The van der Waals surface area contributed by atoms with Crippen LogP contribution in [0.15, 0.2) is 18.2 Å². The standard InChI is InChI=1S/C17H24N2O/c1-11-6-7-12(2)14(10-11)17-15(18)4-3-5-16(20)19(17)13-8-9-13/h6-7,10,13,15,17H,3-5,8-9,18H2,1-2H3. The number of rotatable bonds is 2. The van der Waals surface area contributed by atoms with Gasteiger partial charge in [0.2, 0.25) is 5.91 Å². The molecule has 3 rings (SSSR count). The summed E-state index contributed by atoms with van der Waals surface area (Å²) in [5.41, 5.74) is 10.2. The molecule has 0 spiro atoms. The van der Waals surface area contributed by atoms with Crippen LogP contribution in [-0.4, -0.2) is 22.9 Å². The Morgan fingerprint density at radius 1 is 1.20 bits per heavy atom. The molecule has 0 aromatic heterocycles. The van der Waals surface area contributed by atoms with Gasteiger partial charge in [-0.05, 0) is 50.7 Å². The van der Waals surface area contributed by atoms with Gasteiger partial charge in [0.05, 0.1) is 6.04 Å². The molecule has 1 saturated heterocycles. The molecule has 1 amide bonds. The second kappa shape index (κ2) is 5.21. The monoisotopic (exact) mass is 272 g/mol. The van der Waals surface area contributed by atoms with Crippen LogP contribution < -0.4 is 5.73 Å². The van der Waals surface area contributed by atoms with E-state index < -0.39 is 0 Å². The molecule has 0 radical (unpaired) electrons. The summed E-state index contributed by atoms with van der Waals surface area (Å²) >= 11 is 0. The van der Waals surface area contributed by atoms with Crippen LogP contribution in [0.1, 0.15) is 54.8 Å². The second-order valence-corrected chi connectivity index (χ2v) is 6.39. The summed E-state index contributed by atoms with van der Waals surface area (Å²) in [4.78, 5) is 14.6. The number of likely N-dealkylation sites (tertiary alicyclic amines) is 1. The highest BCUT2D eigenvalue weighted by Gasteiger charge is 2.41. The van der Waals surface area contributed by atoms with Gasteiger partial charge in [0.1, 0.15) is 0 Å². The predicted molar refractivity (Wildman–Crippen MR) is 80.4 cm³/mol. The Hall–Kier alpha value is -1.35. The van der Waals surface area contributed by atoms with E-state index in [2.05, 4.69) is 36.9 Å². The first-order valence-corrected chi connectivity index (χ1v) is 7.72. The minimum absolute atomic E-state index is 0.0579. The zero-order valence-electron chi connectivity index (χ0n) is 12.4. The lowest BCUT2D eigenvalue weighted by Crippen LogP contribution is -2.43. The van der Waals surface area contributed by atoms with Crippen molar-refractivity contribution in [2.75, 3.05) is 0 Å². The molecule has 2 fully saturated rings. The highest BCUT2D eigenvalue weighted by Crippen LogP contribution is 2.40. The first-order valence-electron chi connectivity index (χ1n) is 7.72. The maximum Gasteiger partial charge on any atom is 0.223 e. The van der Waals surface area contributed by atoms with Gasteiger partial charge >= 0.3 is 0 Å². The highest BCUT2D eigenvalue weighted by molar-refractivity contribution is 5.78. The zero-order chi connectivity index (χ0) is 14.3. The van der Waals surface area contributed by atoms with Crippen LogP contribution >= 0.6 is 0 Å². The first-order chi connectivity index (χ1) is 9.58. The smallest absolute Gasteiger partial charge is 0.223 e. The SMILES string of the molecule is Cc1ccc(C)c(C2C(N)CCCC(=O)N2C2CC2)c1. The molecule has 2 N–H and O–H groups in total. The van der Waals surface area contributed by atoms with E-state index in [0.29, 0.717) is 18.4 Å². The molecule has 3 nitrogen and oxygen atoms in total. The van der Waals surface area contributed by atoms with E-state index in [1.807, 2.05) is 0 Å². The van der Waals surface area contributed by atoms with Crippen molar-refractivity contribution in [3.63, 3.8) is 0 Å². The summed E-state index contributed by atoms with van der Waals surface area (Å²) < 4.78 is 0. The number of carbonyl (C=O) groups excluding carboxylic acids is 1. The molecule has 1 aromatic carbocycles. The molecule has 2 unspecified atom stereocenters. The molecule has 1 aromatic rings. The molecule has 1 aliphatic carbocycles. The first kappa shape index (κ1) is 13.6. The van der Waals surface area contributed by atoms with Gasteiger partial charge in [0.25, 0.3) is 0 Å². The average molecular weight is 272 g/mol. The number of amides is 1. The fraction of sp³-hybridized carbons (Fsp3) is 0.588. The van der Waals surface area contributed by atoms with Gasteiger partial charge in [-0.15, -0.1) is 0 Å². The molecule has 3 heteroatoms. The molecule has 2 atom stereocenters. The van der Waals surface area contributed by atoms with Gasteiger partial charge in [-0.25, -0.2) is 0 Å². The summed E-state index contributed by atoms with van der Waals surface area (Å²) in [6.45, 7) is 4.23. The molecule has 20 heavy (non-hydrogen) atoms. The third kappa shape index (κ3) is 2.47. The van der Waals surface area contributed by atoms with Gasteiger partial charge < -0.3 is 10.6 Å². The molecule has 1 heterocycles. The lowest BCUT2D eigenvalue weighted by Gasteiger charge is -2.35. The number of aryl methyl sites for hydroxylation is 2. The fourth-order valence-electron chi connectivity index (χ4n) is 3.38. The van der Waals surface area contributed by atoms with Crippen LogP contribution in [0, 0.1) is 13.8 Å². The third-order valence-electron chi connectivity index (χ3n) is 4.61. The van der Waals surface area contributed by atoms with Crippen LogP contribution in [-0.2, 0) is 4.79 Å². The van der Waals surface area contributed by atoms with Crippen molar-refractivity contribution >= 4 is 5.91 Å². The van der Waals surface area contributed by atoms with Crippen molar-refractivity contribution in [3.05, 3.63) is 34.9 Å². The maximum atomic E-state index is 12.5. The lowest BCUT2D eigenvalue weighted by molar-refractivity contribution is -0.133. The molecule has 108 valence electrons. The van der Waals surface area contributed by atoms with E-state index in [-0.39, 0.29) is 12.1 Å². The van der Waals surface area contributed by atoms with Crippen LogP contribution in [0.5, 0.6) is 0 Å². The average Bonchev–Trinajstić information content (AvgIpc) is 3.22. The minimum Gasteiger partial charge on any atom is -0.331 e. The molecule has 1 aliphatic heterocycles. The van der Waals surface area contributed by atoms with Gasteiger partial charge in [0.15, 0.2) is 0 Å². The number of nitrogens with two attached hydrogens (primary N) is 1. The van der Waals surface area contributed by atoms with Crippen LogP contribution in [0.4, 0.5) is 0 Å². The third-order valence-corrected chi connectivity index (χ3v) is 4.61. The number of benzene rings is 1. The Bertz CT molecular complexity index is 522. The maximum absolute atomic E-state index is 12.5. The molecule has 1 saturated carbocycles. The van der Waals surface area contributed by atoms with Crippen molar-refractivity contribution in [1.82, 2.24) is 4.90 Å². The van der Waals surface area contributed by atoms with Gasteiger partial charge in [-0.1, -0.05) is 23.8 Å². The Labute approximate surface area is 121 Å². The van der Waals surface area contributed by atoms with Crippen molar-refractivity contribution in [1.29, 1.82) is 0 Å². The number of carbonyl (C=O) groups is 1. The predicted octanol–water partition coefficient (Wildman–Crippen LogP) is 2.85. The lowest BCUT2D eigenvalue weighted by atomic mass is 9.91. The normalized spacial score (nSPS) is 27.6. The van der Waals surface area contributed by atoms with Crippen molar-refractivity contribution in [2.45, 2.75) is 64.1 Å². The zero-order valence-corrected chi connectivity index (χ0v) is 12.4. The number of nitrogens with zero attached hydrogens (tertiary/aromatic N) is 1. The Balaban J connectivity index is 2.04. The van der Waals surface area contributed by atoms with Crippen LogP contribution in [0.25, 0.3) is 0 Å². The van der Waals surface area contributed by atoms with E-state index in [4.69, 9.17) is 5.73 Å². The van der Waals surface area contributed by atoms with E-state index >= 15 is 0 Å². The largest absolute Gasteiger partial charge is 0.331 e. The van der Waals surface area contributed by atoms with Crippen molar-refractivity contribution in [2.24, 2.45) is 5.73 Å². The van der Waals surface area contributed by atoms with E-state index in [9.17, 15) is 4.79 Å². The molecule has 0 bridgehead atoms. The Kier molecular flexibility index (Phi) is 3.55. The van der Waals surface area contributed by atoms with Crippen LogP contribution in [0.3, 0.4) is 0 Å². The molecular formula is C17H24N2O. The second-order valence-electron chi connectivity index (χ2n) is 6.39. The highest BCUT2D eigenvalue weighted by atomic mass is 16.2. The quantitative estimate of drug-likeness (QED) is 0.900. The van der Waals surface area contributed by atoms with Crippen LogP contribution in [0.2, 0.25) is 0 Å². The van der Waals surface area contributed by atoms with Crippen molar-refractivity contribution in [3.8, 4) is 0 Å². The topological polar surface area (TPSA) is 46.3 Å². The van der Waals surface area contributed by atoms with Gasteiger partial charge in [-0.3, -0.25) is 4.79 Å². The summed E-state index contributed by atoms with van der Waals surface area (Å²) in [5.74, 6) is 0.298. The Morgan fingerprint density at radius 2 is 1.95 bits per heavy atom. The van der Waals surface area contributed by atoms with Gasteiger partial charge in [0, 0.05) is 18.5 Å². The molecule has 2 aliphatic rings. The van der Waals surface area contributed by atoms with Crippen molar-refractivity contribution < 1.29 is 4.79 Å².